The molecule has 1 aromatic rings. The van der Waals surface area contributed by atoms with E-state index >= 15 is 0 Å². The average Bonchev–Trinajstić information content (AvgIpc) is 2.60. The number of nitrogens with one attached hydrogen (secondary N) is 2. The molecule has 23 heavy (non-hydrogen) atoms. The largest absolute Gasteiger partial charge is 0.493 e. The van der Waals surface area contributed by atoms with E-state index in [1.165, 1.54) is 0 Å². The van der Waals surface area contributed by atoms with Gasteiger partial charge in [0, 0.05) is 32.7 Å². The number of thiocarbonyl (C=S) groups is 1. The van der Waals surface area contributed by atoms with Crippen molar-refractivity contribution < 1.29 is 14.2 Å². The van der Waals surface area contributed by atoms with Gasteiger partial charge < -0.3 is 24.8 Å². The summed E-state index contributed by atoms with van der Waals surface area (Å²) in [6, 6.07) is 5.83. The smallest absolute Gasteiger partial charge is 0.166 e. The maximum absolute atomic E-state index is 5.33. The van der Waals surface area contributed by atoms with Gasteiger partial charge >= 0.3 is 0 Å². The van der Waals surface area contributed by atoms with E-state index in [1.54, 1.807) is 14.2 Å². The molecule has 1 aliphatic heterocycles. The molecule has 0 atom stereocenters. The molecule has 0 spiro atoms. The highest BCUT2D eigenvalue weighted by Gasteiger charge is 2.09. The van der Waals surface area contributed by atoms with E-state index in [1.807, 2.05) is 18.2 Å². The fourth-order valence-electron chi connectivity index (χ4n) is 2.39. The standard InChI is InChI=1S/C16H25N3O3S/c1-20-14-4-3-13(11-15(14)21-2)12-18-16(23)17-5-6-19-7-9-22-10-8-19/h3-4,11H,5-10,12H2,1-2H3,(H2,17,18,23). The zero-order valence-electron chi connectivity index (χ0n) is 13.8. The number of benzene rings is 1. The van der Waals surface area contributed by atoms with Crippen LogP contribution in [0.4, 0.5) is 0 Å². The van der Waals surface area contributed by atoms with Gasteiger partial charge in [-0.1, -0.05) is 6.07 Å². The summed E-state index contributed by atoms with van der Waals surface area (Å²) in [4.78, 5) is 2.37. The first-order valence-corrected chi connectivity index (χ1v) is 8.16. The number of nitrogens with zero attached hydrogens (tertiary/aromatic N) is 1. The van der Waals surface area contributed by atoms with E-state index in [-0.39, 0.29) is 0 Å². The normalized spacial score (nSPS) is 15.0. The zero-order chi connectivity index (χ0) is 16.5. The van der Waals surface area contributed by atoms with Crippen LogP contribution in [0.1, 0.15) is 5.56 Å². The highest BCUT2D eigenvalue weighted by molar-refractivity contribution is 7.80. The topological polar surface area (TPSA) is 55.0 Å². The molecule has 0 saturated carbocycles. The van der Waals surface area contributed by atoms with Crippen molar-refractivity contribution in [3.8, 4) is 11.5 Å². The van der Waals surface area contributed by atoms with E-state index < -0.39 is 0 Å². The Morgan fingerprint density at radius 3 is 2.61 bits per heavy atom. The Labute approximate surface area is 143 Å². The maximum Gasteiger partial charge on any atom is 0.166 e. The van der Waals surface area contributed by atoms with Crippen LogP contribution in [0.5, 0.6) is 11.5 Å². The quantitative estimate of drug-likeness (QED) is 0.719. The summed E-state index contributed by atoms with van der Waals surface area (Å²) >= 11 is 5.31. The first-order chi connectivity index (χ1) is 11.2. The molecule has 0 aliphatic carbocycles. The number of rotatable bonds is 7. The van der Waals surface area contributed by atoms with E-state index in [0.29, 0.717) is 11.7 Å². The molecule has 7 heteroatoms. The highest BCUT2D eigenvalue weighted by Crippen LogP contribution is 2.27. The van der Waals surface area contributed by atoms with Gasteiger partial charge in [-0.25, -0.2) is 0 Å². The fourth-order valence-corrected chi connectivity index (χ4v) is 2.56. The average molecular weight is 339 g/mol. The second kappa shape index (κ2) is 9.54. The molecular formula is C16H25N3O3S. The van der Waals surface area contributed by atoms with Gasteiger partial charge in [0.2, 0.25) is 0 Å². The molecule has 1 heterocycles. The van der Waals surface area contributed by atoms with Crippen molar-refractivity contribution in [2.75, 3.05) is 53.6 Å². The molecule has 128 valence electrons. The Morgan fingerprint density at radius 1 is 1.17 bits per heavy atom. The molecule has 2 rings (SSSR count). The SMILES string of the molecule is COc1ccc(CNC(=S)NCCN2CCOCC2)cc1OC. The highest BCUT2D eigenvalue weighted by atomic mass is 32.1. The van der Waals surface area contributed by atoms with Gasteiger partial charge in [0.05, 0.1) is 27.4 Å². The Morgan fingerprint density at radius 2 is 1.91 bits per heavy atom. The molecule has 0 bridgehead atoms. The van der Waals surface area contributed by atoms with Crippen LogP contribution in [-0.4, -0.2) is 63.6 Å². The number of hydrogen-bond donors (Lipinski definition) is 2. The van der Waals surface area contributed by atoms with Crippen LogP contribution in [0.15, 0.2) is 18.2 Å². The minimum Gasteiger partial charge on any atom is -0.493 e. The maximum atomic E-state index is 5.33. The summed E-state index contributed by atoms with van der Waals surface area (Å²) in [5.74, 6) is 1.44. The third-order valence-electron chi connectivity index (χ3n) is 3.72. The molecule has 0 unspecified atom stereocenters. The first-order valence-electron chi connectivity index (χ1n) is 7.75. The van der Waals surface area contributed by atoms with E-state index in [2.05, 4.69) is 15.5 Å². The zero-order valence-corrected chi connectivity index (χ0v) is 14.6. The van der Waals surface area contributed by atoms with Gasteiger partial charge in [-0.2, -0.15) is 0 Å². The second-order valence-corrected chi connectivity index (χ2v) is 5.66. The van der Waals surface area contributed by atoms with Crippen molar-refractivity contribution >= 4 is 17.3 Å². The summed E-state index contributed by atoms with van der Waals surface area (Å²) < 4.78 is 15.9. The van der Waals surface area contributed by atoms with Crippen molar-refractivity contribution in [1.82, 2.24) is 15.5 Å². The number of hydrogen-bond acceptors (Lipinski definition) is 5. The van der Waals surface area contributed by atoms with Crippen molar-refractivity contribution in [2.45, 2.75) is 6.54 Å². The summed E-state index contributed by atoms with van der Waals surface area (Å²) in [5, 5.41) is 7.10. The molecule has 1 fully saturated rings. The minimum atomic E-state index is 0.643. The van der Waals surface area contributed by atoms with Gasteiger partial charge in [-0.15, -0.1) is 0 Å². The second-order valence-electron chi connectivity index (χ2n) is 5.25. The molecule has 1 aliphatic rings. The molecule has 1 saturated heterocycles. The summed E-state index contributed by atoms with van der Waals surface area (Å²) in [5.41, 5.74) is 1.08. The molecular weight excluding hydrogens is 314 g/mol. The van der Waals surface area contributed by atoms with Gasteiger partial charge in [0.1, 0.15) is 0 Å². The molecule has 0 amide bonds. The Bertz CT molecular complexity index is 507. The lowest BCUT2D eigenvalue weighted by Crippen LogP contribution is -2.43. The number of morpholine rings is 1. The molecule has 1 aromatic carbocycles. The lowest BCUT2D eigenvalue weighted by molar-refractivity contribution is 0.0389. The first kappa shape index (κ1) is 17.8. The lowest BCUT2D eigenvalue weighted by atomic mass is 10.2. The van der Waals surface area contributed by atoms with Crippen molar-refractivity contribution in [1.29, 1.82) is 0 Å². The van der Waals surface area contributed by atoms with Crippen LogP contribution in [-0.2, 0) is 11.3 Å². The monoisotopic (exact) mass is 339 g/mol. The van der Waals surface area contributed by atoms with Gasteiger partial charge in [0.25, 0.3) is 0 Å². The van der Waals surface area contributed by atoms with Crippen molar-refractivity contribution in [3.05, 3.63) is 23.8 Å². The van der Waals surface area contributed by atoms with Crippen LogP contribution in [0, 0.1) is 0 Å². The summed E-state index contributed by atoms with van der Waals surface area (Å²) in [6.45, 7) is 6.08. The summed E-state index contributed by atoms with van der Waals surface area (Å²) in [7, 11) is 3.26. The van der Waals surface area contributed by atoms with Crippen molar-refractivity contribution in [2.24, 2.45) is 0 Å². The van der Waals surface area contributed by atoms with Gasteiger partial charge in [-0.05, 0) is 29.9 Å². The van der Waals surface area contributed by atoms with Crippen LogP contribution in [0.2, 0.25) is 0 Å². The van der Waals surface area contributed by atoms with Crippen LogP contribution in [0.3, 0.4) is 0 Å². The molecule has 0 aromatic heterocycles. The predicted molar refractivity (Wildman–Crippen MR) is 94.2 cm³/mol. The number of ether oxygens (including phenoxy) is 3. The third-order valence-corrected chi connectivity index (χ3v) is 4.01. The predicted octanol–water partition coefficient (Wildman–Crippen LogP) is 1.00. The minimum absolute atomic E-state index is 0.643. The van der Waals surface area contributed by atoms with Crippen LogP contribution < -0.4 is 20.1 Å². The van der Waals surface area contributed by atoms with Crippen LogP contribution in [0.25, 0.3) is 0 Å². The third kappa shape index (κ3) is 5.85. The van der Waals surface area contributed by atoms with Gasteiger partial charge in [0.15, 0.2) is 16.6 Å². The van der Waals surface area contributed by atoms with E-state index in [9.17, 15) is 0 Å². The summed E-state index contributed by atoms with van der Waals surface area (Å²) in [6.07, 6.45) is 0. The fraction of sp³-hybridized carbons (Fsp3) is 0.562. The van der Waals surface area contributed by atoms with E-state index in [0.717, 1.165) is 56.5 Å². The molecule has 6 nitrogen and oxygen atoms in total. The Kier molecular flexibility index (Phi) is 7.38. The Hall–Kier alpha value is -1.57. The van der Waals surface area contributed by atoms with Crippen LogP contribution >= 0.6 is 12.2 Å². The number of methoxy groups -OCH3 is 2. The van der Waals surface area contributed by atoms with E-state index in [4.69, 9.17) is 26.4 Å². The Balaban J connectivity index is 1.69. The molecule has 0 radical (unpaired) electrons. The van der Waals surface area contributed by atoms with Crippen molar-refractivity contribution in [3.63, 3.8) is 0 Å². The van der Waals surface area contributed by atoms with Gasteiger partial charge in [-0.3, -0.25) is 4.90 Å². The molecule has 2 N–H and O–H groups in total. The lowest BCUT2D eigenvalue weighted by Gasteiger charge is -2.26.